The summed E-state index contributed by atoms with van der Waals surface area (Å²) in [6, 6.07) is 0. The van der Waals surface area contributed by atoms with Gasteiger partial charge in [0.05, 0.1) is 25.4 Å². The smallest absolute Gasteiger partial charge is 0.159 e. The molecular weight excluding hydrogens is 288 g/mol. The third-order valence-electron chi connectivity index (χ3n) is 3.30. The van der Waals surface area contributed by atoms with Gasteiger partial charge in [-0.25, -0.2) is 0 Å². The fraction of sp³-hybridized carbons (Fsp3) is 1.00. The molecule has 6 heteroatoms. The molecule has 0 aromatic carbocycles. The molecule has 0 aromatic rings. The van der Waals surface area contributed by atoms with Gasteiger partial charge < -0.3 is 29.9 Å². The van der Waals surface area contributed by atoms with Crippen molar-refractivity contribution in [1.82, 2.24) is 0 Å². The van der Waals surface area contributed by atoms with Gasteiger partial charge in [-0.3, -0.25) is 0 Å². The molecule has 0 saturated carbocycles. The molecule has 22 heavy (non-hydrogen) atoms. The molecule has 0 saturated heterocycles. The van der Waals surface area contributed by atoms with Crippen LogP contribution in [0.25, 0.3) is 0 Å². The van der Waals surface area contributed by atoms with Gasteiger partial charge in [0.2, 0.25) is 0 Å². The molecule has 0 aliphatic carbocycles. The summed E-state index contributed by atoms with van der Waals surface area (Å²) in [6.07, 6.45) is -3.30. The number of aliphatic hydroxyl groups excluding tert-OH is 4. The largest absolute Gasteiger partial charge is 0.390 e. The Labute approximate surface area is 134 Å². The van der Waals surface area contributed by atoms with E-state index in [2.05, 4.69) is 0 Å². The third kappa shape index (κ3) is 9.02. The van der Waals surface area contributed by atoms with Crippen molar-refractivity contribution >= 4 is 0 Å². The number of hydrogen-bond acceptors (Lipinski definition) is 6. The summed E-state index contributed by atoms with van der Waals surface area (Å²) >= 11 is 0. The summed E-state index contributed by atoms with van der Waals surface area (Å²) in [6.45, 7) is 11.4. The first-order valence-electron chi connectivity index (χ1n) is 7.81. The number of aliphatic hydroxyl groups is 4. The van der Waals surface area contributed by atoms with Crippen LogP contribution in [0, 0.1) is 10.8 Å². The van der Waals surface area contributed by atoms with Crippen molar-refractivity contribution in [3.63, 3.8) is 0 Å². The van der Waals surface area contributed by atoms with Crippen molar-refractivity contribution in [1.29, 1.82) is 0 Å². The first-order valence-corrected chi connectivity index (χ1v) is 7.81. The van der Waals surface area contributed by atoms with Gasteiger partial charge in [-0.2, -0.15) is 0 Å². The van der Waals surface area contributed by atoms with Crippen molar-refractivity contribution in [3.8, 4) is 0 Å². The maximum atomic E-state index is 9.83. The normalized spacial score (nSPS) is 18.8. The van der Waals surface area contributed by atoms with Gasteiger partial charge in [-0.05, 0) is 12.8 Å². The molecule has 0 radical (unpaired) electrons. The molecule has 4 unspecified atom stereocenters. The molecule has 0 aromatic heterocycles. The Kier molecular flexibility index (Phi) is 9.05. The predicted octanol–water partition coefficient (Wildman–Crippen LogP) is 1.25. The van der Waals surface area contributed by atoms with Gasteiger partial charge in [0.25, 0.3) is 0 Å². The molecule has 0 amide bonds. The lowest BCUT2D eigenvalue weighted by molar-refractivity contribution is -0.170. The fourth-order valence-electron chi connectivity index (χ4n) is 1.49. The molecule has 134 valence electrons. The highest BCUT2D eigenvalue weighted by molar-refractivity contribution is 4.70. The molecule has 0 spiro atoms. The van der Waals surface area contributed by atoms with Gasteiger partial charge in [0, 0.05) is 10.8 Å². The molecule has 6 nitrogen and oxygen atoms in total. The lowest BCUT2D eigenvalue weighted by Crippen LogP contribution is -2.34. The lowest BCUT2D eigenvalue weighted by atomic mass is 9.96. The molecule has 0 heterocycles. The quantitative estimate of drug-likeness (QED) is 0.477. The van der Waals surface area contributed by atoms with E-state index in [1.165, 1.54) is 0 Å². The fourth-order valence-corrected chi connectivity index (χ4v) is 1.49. The first kappa shape index (κ1) is 21.8. The van der Waals surface area contributed by atoms with Crippen LogP contribution >= 0.6 is 0 Å². The monoisotopic (exact) mass is 322 g/mol. The first-order chi connectivity index (χ1) is 9.85. The molecule has 4 N–H and O–H groups in total. The molecule has 0 aliphatic rings. The Morgan fingerprint density at radius 3 is 1.14 bits per heavy atom. The van der Waals surface area contributed by atoms with E-state index in [9.17, 15) is 20.4 Å². The highest BCUT2D eigenvalue weighted by atomic mass is 16.6. The predicted molar refractivity (Wildman–Crippen MR) is 84.1 cm³/mol. The minimum Gasteiger partial charge on any atom is -0.390 e. The van der Waals surface area contributed by atoms with Crippen molar-refractivity contribution in [2.24, 2.45) is 10.8 Å². The van der Waals surface area contributed by atoms with E-state index in [0.717, 1.165) is 0 Å². The Morgan fingerprint density at radius 1 is 0.636 bits per heavy atom. The van der Waals surface area contributed by atoms with Crippen LogP contribution in [0.5, 0.6) is 0 Å². The average Bonchev–Trinajstić information content (AvgIpc) is 2.35. The SMILES string of the molecule is CC(C)(C)C(O)OCCC(O)C(O)CCOC(O)C(C)(C)C. The number of hydrogen-bond donors (Lipinski definition) is 4. The maximum Gasteiger partial charge on any atom is 0.159 e. The topological polar surface area (TPSA) is 99.4 Å². The van der Waals surface area contributed by atoms with Gasteiger partial charge in [-0.1, -0.05) is 41.5 Å². The number of ether oxygens (including phenoxy) is 2. The minimum absolute atomic E-state index is 0.155. The zero-order valence-corrected chi connectivity index (χ0v) is 14.7. The Balaban J connectivity index is 3.91. The van der Waals surface area contributed by atoms with Crippen molar-refractivity contribution < 1.29 is 29.9 Å². The molecule has 0 fully saturated rings. The van der Waals surface area contributed by atoms with Crippen LogP contribution in [0.1, 0.15) is 54.4 Å². The van der Waals surface area contributed by atoms with E-state index in [0.29, 0.717) is 0 Å². The third-order valence-corrected chi connectivity index (χ3v) is 3.30. The van der Waals surface area contributed by atoms with E-state index in [-0.39, 0.29) is 36.9 Å². The lowest BCUT2D eigenvalue weighted by Gasteiger charge is -2.27. The summed E-state index contributed by atoms with van der Waals surface area (Å²) in [4.78, 5) is 0. The highest BCUT2D eigenvalue weighted by Gasteiger charge is 2.25. The van der Waals surface area contributed by atoms with Crippen LogP contribution < -0.4 is 0 Å². The van der Waals surface area contributed by atoms with Gasteiger partial charge >= 0.3 is 0 Å². The molecule has 4 atom stereocenters. The second-order valence-corrected chi connectivity index (χ2v) is 7.89. The van der Waals surface area contributed by atoms with Crippen LogP contribution in [-0.4, -0.2) is 58.4 Å². The maximum absolute atomic E-state index is 9.83. The van der Waals surface area contributed by atoms with Crippen molar-refractivity contribution in [2.45, 2.75) is 79.2 Å². The van der Waals surface area contributed by atoms with E-state index in [1.807, 2.05) is 41.5 Å². The second kappa shape index (κ2) is 9.15. The average molecular weight is 322 g/mol. The van der Waals surface area contributed by atoms with Gasteiger partial charge in [0.15, 0.2) is 12.6 Å². The van der Waals surface area contributed by atoms with E-state index in [4.69, 9.17) is 9.47 Å². The van der Waals surface area contributed by atoms with Gasteiger partial charge in [-0.15, -0.1) is 0 Å². The zero-order chi connectivity index (χ0) is 17.6. The van der Waals surface area contributed by atoms with Crippen LogP contribution in [0.2, 0.25) is 0 Å². The summed E-state index contributed by atoms with van der Waals surface area (Å²) in [7, 11) is 0. The van der Waals surface area contributed by atoms with Crippen LogP contribution in [0.4, 0.5) is 0 Å². The Hall–Kier alpha value is -0.240. The number of rotatable bonds is 9. The Bertz CT molecular complexity index is 264. The Morgan fingerprint density at radius 2 is 0.909 bits per heavy atom. The van der Waals surface area contributed by atoms with Crippen molar-refractivity contribution in [3.05, 3.63) is 0 Å². The second-order valence-electron chi connectivity index (χ2n) is 7.89. The molecule has 0 bridgehead atoms. The summed E-state index contributed by atoms with van der Waals surface area (Å²) in [5.74, 6) is 0. The zero-order valence-electron chi connectivity index (χ0n) is 14.7. The van der Waals surface area contributed by atoms with Gasteiger partial charge in [0.1, 0.15) is 0 Å². The molecule has 0 rings (SSSR count). The van der Waals surface area contributed by atoms with E-state index in [1.54, 1.807) is 0 Å². The van der Waals surface area contributed by atoms with Crippen LogP contribution in [-0.2, 0) is 9.47 Å². The minimum atomic E-state index is -0.956. The van der Waals surface area contributed by atoms with Crippen LogP contribution in [0.3, 0.4) is 0 Å². The molecule has 0 aliphatic heterocycles. The van der Waals surface area contributed by atoms with E-state index >= 15 is 0 Å². The standard InChI is InChI=1S/C16H34O6/c1-15(2,3)13(19)21-9-7-11(17)12(18)8-10-22-14(20)16(4,5)6/h11-14,17-20H,7-10H2,1-6H3. The van der Waals surface area contributed by atoms with E-state index < -0.39 is 24.8 Å². The summed E-state index contributed by atoms with van der Waals surface area (Å²) in [5, 5.41) is 39.1. The molecular formula is C16H34O6. The van der Waals surface area contributed by atoms with Crippen molar-refractivity contribution in [2.75, 3.05) is 13.2 Å². The summed E-state index contributed by atoms with van der Waals surface area (Å²) in [5.41, 5.74) is -0.777. The summed E-state index contributed by atoms with van der Waals surface area (Å²) < 4.78 is 10.5. The highest BCUT2D eigenvalue weighted by Crippen LogP contribution is 2.21. The van der Waals surface area contributed by atoms with Crippen LogP contribution in [0.15, 0.2) is 0 Å².